The minimum Gasteiger partial charge on any atom is -0.353 e. The van der Waals surface area contributed by atoms with Crippen molar-refractivity contribution in [2.24, 2.45) is 5.92 Å². The van der Waals surface area contributed by atoms with Crippen molar-refractivity contribution >= 4 is 23.6 Å². The number of fused-ring (bicyclic) bond motifs is 1. The van der Waals surface area contributed by atoms with Gasteiger partial charge in [-0.25, -0.2) is 15.0 Å². The Kier molecular flexibility index (Phi) is 5.67. The summed E-state index contributed by atoms with van der Waals surface area (Å²) in [4.78, 5) is 31.4. The number of Topliss-reactive ketones (excluding diaryl/α,β-unsaturated/α-hetero) is 1. The molecule has 3 heterocycles. The predicted molar refractivity (Wildman–Crippen MR) is 127 cm³/mol. The highest BCUT2D eigenvalue weighted by atomic mass is 16.1. The molecule has 0 saturated carbocycles. The Morgan fingerprint density at radius 1 is 0.906 bits per heavy atom. The van der Waals surface area contributed by atoms with E-state index in [2.05, 4.69) is 39.1 Å². The first-order chi connectivity index (χ1) is 15.7. The summed E-state index contributed by atoms with van der Waals surface area (Å²) in [6.45, 7) is 5.35. The van der Waals surface area contributed by atoms with Crippen LogP contribution in [0.25, 0.3) is 6.08 Å². The Bertz CT molecular complexity index is 1120. The highest BCUT2D eigenvalue weighted by molar-refractivity contribution is 5.99. The third-order valence-electron chi connectivity index (χ3n) is 6.23. The molecule has 2 aromatic heterocycles. The van der Waals surface area contributed by atoms with E-state index >= 15 is 0 Å². The summed E-state index contributed by atoms with van der Waals surface area (Å²) < 4.78 is 0. The van der Waals surface area contributed by atoms with Crippen LogP contribution in [-0.4, -0.2) is 46.9 Å². The summed E-state index contributed by atoms with van der Waals surface area (Å²) in [5.74, 6) is 2.06. The van der Waals surface area contributed by atoms with Crippen molar-refractivity contribution in [2.75, 3.05) is 36.0 Å². The molecule has 5 rings (SSSR count). The van der Waals surface area contributed by atoms with Gasteiger partial charge in [0.25, 0.3) is 0 Å². The normalized spacial score (nSPS) is 18.8. The number of pyridine rings is 1. The van der Waals surface area contributed by atoms with E-state index in [1.165, 1.54) is 0 Å². The van der Waals surface area contributed by atoms with Crippen LogP contribution >= 0.6 is 0 Å². The quantitative estimate of drug-likeness (QED) is 0.630. The number of hydrogen-bond donors (Lipinski definition) is 0. The molecule has 1 fully saturated rings. The van der Waals surface area contributed by atoms with Crippen LogP contribution in [0.1, 0.15) is 33.7 Å². The summed E-state index contributed by atoms with van der Waals surface area (Å²) in [7, 11) is 0. The van der Waals surface area contributed by atoms with Gasteiger partial charge >= 0.3 is 0 Å². The molecule has 6 heteroatoms. The Balaban J connectivity index is 1.32. The third kappa shape index (κ3) is 4.26. The van der Waals surface area contributed by atoms with Gasteiger partial charge in [0, 0.05) is 38.8 Å². The molecular formula is C26H27N5O. The number of ketones is 1. The number of carbonyl (C=O) groups excluding carboxylic acids is 1. The monoisotopic (exact) mass is 425 g/mol. The summed E-state index contributed by atoms with van der Waals surface area (Å²) in [6, 6.07) is 16.2. The van der Waals surface area contributed by atoms with Crippen molar-refractivity contribution < 1.29 is 4.79 Å². The van der Waals surface area contributed by atoms with Gasteiger partial charge in [-0.2, -0.15) is 0 Å². The van der Waals surface area contributed by atoms with E-state index in [4.69, 9.17) is 9.97 Å². The average molecular weight is 426 g/mol. The number of aryl methyl sites for hydroxylation is 1. The maximum atomic E-state index is 12.9. The fraction of sp³-hybridized carbons (Fsp3) is 0.308. The molecule has 0 unspecified atom stereocenters. The molecule has 0 spiro atoms. The van der Waals surface area contributed by atoms with Gasteiger partial charge in [-0.05, 0) is 37.0 Å². The van der Waals surface area contributed by atoms with E-state index < -0.39 is 0 Å². The van der Waals surface area contributed by atoms with E-state index in [0.29, 0.717) is 6.42 Å². The van der Waals surface area contributed by atoms with Crippen molar-refractivity contribution in [3.05, 3.63) is 83.3 Å². The summed E-state index contributed by atoms with van der Waals surface area (Å²) in [5, 5.41) is 0. The number of piperazine rings is 1. The molecule has 1 atom stereocenters. The van der Waals surface area contributed by atoms with Crippen LogP contribution in [0.5, 0.6) is 0 Å². The van der Waals surface area contributed by atoms with Crippen molar-refractivity contribution in [3.8, 4) is 0 Å². The second-order valence-electron chi connectivity index (χ2n) is 8.45. The molecule has 162 valence electrons. The molecule has 0 N–H and O–H groups in total. The van der Waals surface area contributed by atoms with Gasteiger partial charge in [0.05, 0.1) is 17.0 Å². The minimum atomic E-state index is 0.151. The number of rotatable bonds is 4. The van der Waals surface area contributed by atoms with Gasteiger partial charge in [-0.1, -0.05) is 48.6 Å². The van der Waals surface area contributed by atoms with Crippen molar-refractivity contribution in [3.63, 3.8) is 0 Å². The predicted octanol–water partition coefficient (Wildman–Crippen LogP) is 3.97. The zero-order valence-electron chi connectivity index (χ0n) is 18.3. The lowest BCUT2D eigenvalue weighted by atomic mass is 9.85. The van der Waals surface area contributed by atoms with Gasteiger partial charge < -0.3 is 9.80 Å². The molecule has 1 aromatic carbocycles. The number of hydrogen-bond acceptors (Lipinski definition) is 6. The van der Waals surface area contributed by atoms with Gasteiger partial charge in [0.1, 0.15) is 5.82 Å². The lowest BCUT2D eigenvalue weighted by molar-refractivity contribution is 0.0956. The molecule has 0 amide bonds. The number of benzene rings is 1. The Hall–Kier alpha value is -3.54. The first kappa shape index (κ1) is 20.4. The van der Waals surface area contributed by atoms with E-state index in [-0.39, 0.29) is 11.7 Å². The summed E-state index contributed by atoms with van der Waals surface area (Å²) in [6.07, 6.45) is 7.38. The molecule has 1 aliphatic carbocycles. The molecule has 6 nitrogen and oxygen atoms in total. The fourth-order valence-electron chi connectivity index (χ4n) is 4.55. The standard InChI is InChI=1S/C26H27N5O/c1-19-25-22(17-21(18-23(25)32)11-10-20-7-3-2-4-8-20)29-26(28-19)31-15-13-30(14-16-31)24-9-5-6-12-27-24/h2-12,21H,13-18H2,1H3/b11-10+/t21-/m0/s1. The first-order valence-electron chi connectivity index (χ1n) is 11.2. The highest BCUT2D eigenvalue weighted by Gasteiger charge is 2.29. The molecule has 0 radical (unpaired) electrons. The maximum absolute atomic E-state index is 12.9. The van der Waals surface area contributed by atoms with Crippen LogP contribution < -0.4 is 9.80 Å². The Labute approximate surface area is 188 Å². The number of allylic oxidation sites excluding steroid dienone is 1. The van der Waals surface area contributed by atoms with Gasteiger partial charge in [-0.15, -0.1) is 0 Å². The van der Waals surface area contributed by atoms with Crippen LogP contribution in [-0.2, 0) is 6.42 Å². The fourth-order valence-corrected chi connectivity index (χ4v) is 4.55. The van der Waals surface area contributed by atoms with Crippen molar-refractivity contribution in [1.82, 2.24) is 15.0 Å². The number of carbonyl (C=O) groups is 1. The van der Waals surface area contributed by atoms with E-state index in [9.17, 15) is 4.79 Å². The smallest absolute Gasteiger partial charge is 0.225 e. The van der Waals surface area contributed by atoms with E-state index in [1.807, 2.05) is 49.5 Å². The third-order valence-corrected chi connectivity index (χ3v) is 6.23. The van der Waals surface area contributed by atoms with Gasteiger partial charge in [0.2, 0.25) is 5.95 Å². The van der Waals surface area contributed by atoms with Crippen LogP contribution in [0.4, 0.5) is 11.8 Å². The molecule has 1 saturated heterocycles. The van der Waals surface area contributed by atoms with E-state index in [0.717, 1.165) is 66.9 Å². The second-order valence-corrected chi connectivity index (χ2v) is 8.45. The lowest BCUT2D eigenvalue weighted by Crippen LogP contribution is -2.47. The zero-order chi connectivity index (χ0) is 21.9. The largest absolute Gasteiger partial charge is 0.353 e. The van der Waals surface area contributed by atoms with Crippen LogP contribution in [0.15, 0.2) is 60.8 Å². The topological polar surface area (TPSA) is 62.2 Å². The first-order valence-corrected chi connectivity index (χ1v) is 11.2. The second kappa shape index (κ2) is 8.91. The van der Waals surface area contributed by atoms with Crippen LogP contribution in [0.2, 0.25) is 0 Å². The van der Waals surface area contributed by atoms with Gasteiger partial charge in [-0.3, -0.25) is 4.79 Å². The SMILES string of the molecule is Cc1nc(N2CCN(c3ccccn3)CC2)nc2c1C(=O)C[C@@H](/C=C/c1ccccc1)C2. The minimum absolute atomic E-state index is 0.151. The van der Waals surface area contributed by atoms with Crippen molar-refractivity contribution in [2.45, 2.75) is 19.8 Å². The summed E-state index contributed by atoms with van der Waals surface area (Å²) >= 11 is 0. The molecule has 2 aliphatic rings. The Morgan fingerprint density at radius 2 is 1.66 bits per heavy atom. The molecule has 3 aromatic rings. The van der Waals surface area contributed by atoms with Crippen molar-refractivity contribution in [1.29, 1.82) is 0 Å². The van der Waals surface area contributed by atoms with Gasteiger partial charge in [0.15, 0.2) is 5.78 Å². The lowest BCUT2D eigenvalue weighted by Gasteiger charge is -2.36. The average Bonchev–Trinajstić information content (AvgIpc) is 2.83. The van der Waals surface area contributed by atoms with Crippen LogP contribution in [0.3, 0.4) is 0 Å². The number of nitrogens with zero attached hydrogens (tertiary/aromatic N) is 5. The maximum Gasteiger partial charge on any atom is 0.225 e. The van der Waals surface area contributed by atoms with E-state index in [1.54, 1.807) is 0 Å². The molecular weight excluding hydrogens is 398 g/mol. The molecule has 0 bridgehead atoms. The zero-order valence-corrected chi connectivity index (χ0v) is 18.3. The number of anilines is 2. The number of aromatic nitrogens is 3. The molecule has 1 aliphatic heterocycles. The highest BCUT2D eigenvalue weighted by Crippen LogP contribution is 2.29. The Morgan fingerprint density at radius 3 is 2.41 bits per heavy atom. The molecule has 32 heavy (non-hydrogen) atoms. The summed E-state index contributed by atoms with van der Waals surface area (Å²) in [5.41, 5.74) is 3.56. The van der Waals surface area contributed by atoms with Crippen LogP contribution in [0, 0.1) is 12.8 Å².